The maximum Gasteiger partial charge on any atom is 0.326 e. The van der Waals surface area contributed by atoms with E-state index in [9.17, 15) is 24.3 Å². The summed E-state index contributed by atoms with van der Waals surface area (Å²) in [5.41, 5.74) is 7.09. The van der Waals surface area contributed by atoms with Crippen molar-refractivity contribution in [1.29, 1.82) is 0 Å². The Morgan fingerprint density at radius 2 is 1.88 bits per heavy atom. The van der Waals surface area contributed by atoms with E-state index in [1.165, 1.54) is 0 Å². The molecule has 1 aromatic heterocycles. The SMILES string of the molecule is Nc1nc2ccc(CC3(c4ccc(C(=O)N[C@@H](CCC(=O)O)C(=O)O)cc4)CO3)cc2c(=O)[nH]1. The Morgan fingerprint density at radius 3 is 2.50 bits per heavy atom. The topological polar surface area (TPSA) is 188 Å². The summed E-state index contributed by atoms with van der Waals surface area (Å²) in [7, 11) is 0. The van der Waals surface area contributed by atoms with Gasteiger partial charge in [0.2, 0.25) is 5.95 Å². The number of aromatic amines is 1. The molecule has 34 heavy (non-hydrogen) atoms. The minimum absolute atomic E-state index is 0.0490. The second-order valence-electron chi connectivity index (χ2n) is 8.14. The van der Waals surface area contributed by atoms with Crippen LogP contribution in [0.4, 0.5) is 5.95 Å². The zero-order valence-electron chi connectivity index (χ0n) is 17.9. The first kappa shape index (κ1) is 22.9. The summed E-state index contributed by atoms with van der Waals surface area (Å²) in [5.74, 6) is -3.01. The van der Waals surface area contributed by atoms with E-state index in [1.54, 1.807) is 36.4 Å². The second-order valence-corrected chi connectivity index (χ2v) is 8.14. The number of anilines is 1. The highest BCUT2D eigenvalue weighted by atomic mass is 16.6. The number of nitrogens with zero attached hydrogens (tertiary/aromatic N) is 1. The van der Waals surface area contributed by atoms with Crippen LogP contribution in [0.15, 0.2) is 47.3 Å². The zero-order valence-corrected chi connectivity index (χ0v) is 17.9. The molecule has 1 fully saturated rings. The van der Waals surface area contributed by atoms with Gasteiger partial charge in [-0.3, -0.25) is 19.4 Å². The standard InChI is InChI=1S/C23H22N4O7/c24-22-26-16-6-1-12(9-15(16)20(31)27-22)10-23(11-34-23)14-4-2-13(3-5-14)19(30)25-17(21(32)33)7-8-18(28)29/h1-6,9,17H,7-8,10-11H2,(H,25,30)(H,28,29)(H,32,33)(H3,24,26,27,31)/t17-,23?/m0/s1. The average molecular weight is 466 g/mol. The molecule has 1 amide bonds. The molecule has 6 N–H and O–H groups in total. The van der Waals surface area contributed by atoms with Gasteiger partial charge in [0, 0.05) is 18.4 Å². The summed E-state index contributed by atoms with van der Waals surface area (Å²) in [6.45, 7) is 0.462. The normalized spacial score (nSPS) is 17.8. The van der Waals surface area contributed by atoms with Crippen LogP contribution in [-0.4, -0.2) is 50.7 Å². The lowest BCUT2D eigenvalue weighted by molar-refractivity contribution is -0.140. The fourth-order valence-corrected chi connectivity index (χ4v) is 3.79. The van der Waals surface area contributed by atoms with Gasteiger partial charge < -0.3 is 26.0 Å². The molecule has 1 aliphatic heterocycles. The number of hydrogen-bond donors (Lipinski definition) is 5. The number of hydrogen-bond acceptors (Lipinski definition) is 7. The Balaban J connectivity index is 1.47. The highest BCUT2D eigenvalue weighted by Crippen LogP contribution is 2.42. The minimum Gasteiger partial charge on any atom is -0.481 e. The quantitative estimate of drug-likeness (QED) is 0.287. The van der Waals surface area contributed by atoms with Crippen LogP contribution >= 0.6 is 0 Å². The van der Waals surface area contributed by atoms with Gasteiger partial charge in [0.05, 0.1) is 17.5 Å². The monoisotopic (exact) mass is 466 g/mol. The number of ether oxygens (including phenoxy) is 1. The predicted octanol–water partition coefficient (Wildman–Crippen LogP) is 1.02. The van der Waals surface area contributed by atoms with Gasteiger partial charge in [-0.05, 0) is 41.8 Å². The van der Waals surface area contributed by atoms with Crippen LogP contribution in [0.5, 0.6) is 0 Å². The van der Waals surface area contributed by atoms with E-state index >= 15 is 0 Å². The summed E-state index contributed by atoms with van der Waals surface area (Å²) in [4.78, 5) is 53.2. The summed E-state index contributed by atoms with van der Waals surface area (Å²) in [6.07, 6.45) is -0.100. The number of carbonyl (C=O) groups is 3. The number of amides is 1. The first-order valence-electron chi connectivity index (χ1n) is 10.5. The van der Waals surface area contributed by atoms with E-state index in [0.29, 0.717) is 23.9 Å². The van der Waals surface area contributed by atoms with Crippen molar-refractivity contribution >= 4 is 34.7 Å². The smallest absolute Gasteiger partial charge is 0.326 e. The molecule has 1 unspecified atom stereocenters. The Kier molecular flexibility index (Phi) is 6.03. The van der Waals surface area contributed by atoms with Gasteiger partial charge in [-0.25, -0.2) is 9.78 Å². The van der Waals surface area contributed by atoms with Crippen molar-refractivity contribution in [1.82, 2.24) is 15.3 Å². The number of aromatic nitrogens is 2. The second kappa shape index (κ2) is 8.94. The molecule has 2 atom stereocenters. The van der Waals surface area contributed by atoms with Crippen molar-refractivity contribution in [2.45, 2.75) is 30.9 Å². The molecule has 176 valence electrons. The molecule has 0 saturated carbocycles. The number of nitrogen functional groups attached to an aromatic ring is 1. The fourth-order valence-electron chi connectivity index (χ4n) is 3.79. The lowest BCUT2D eigenvalue weighted by Gasteiger charge is -2.15. The van der Waals surface area contributed by atoms with E-state index in [4.69, 9.17) is 15.6 Å². The third-order valence-corrected chi connectivity index (χ3v) is 5.69. The highest BCUT2D eigenvalue weighted by molar-refractivity contribution is 5.96. The lowest BCUT2D eigenvalue weighted by Crippen LogP contribution is -2.41. The van der Waals surface area contributed by atoms with Crippen LogP contribution < -0.4 is 16.6 Å². The van der Waals surface area contributed by atoms with Gasteiger partial charge >= 0.3 is 11.9 Å². The number of nitrogens with two attached hydrogens (primary N) is 1. The highest BCUT2D eigenvalue weighted by Gasteiger charge is 2.46. The molecule has 3 aromatic rings. The molecule has 0 aliphatic carbocycles. The van der Waals surface area contributed by atoms with Crippen molar-refractivity contribution in [2.24, 2.45) is 0 Å². The fraction of sp³-hybridized carbons (Fsp3) is 0.261. The number of rotatable bonds is 9. The van der Waals surface area contributed by atoms with Gasteiger partial charge in [-0.15, -0.1) is 0 Å². The molecule has 2 heterocycles. The summed E-state index contributed by atoms with van der Waals surface area (Å²) in [5, 5.41) is 20.7. The summed E-state index contributed by atoms with van der Waals surface area (Å²) >= 11 is 0. The largest absolute Gasteiger partial charge is 0.481 e. The number of fused-ring (bicyclic) bond motifs is 1. The first-order valence-corrected chi connectivity index (χ1v) is 10.5. The molecule has 0 radical (unpaired) electrons. The Labute approximate surface area is 192 Å². The van der Waals surface area contributed by atoms with Gasteiger partial charge in [0.25, 0.3) is 11.5 Å². The van der Waals surface area contributed by atoms with Crippen LogP contribution in [0.3, 0.4) is 0 Å². The number of benzene rings is 2. The molecule has 11 nitrogen and oxygen atoms in total. The molecule has 1 aliphatic rings. The molecule has 11 heteroatoms. The van der Waals surface area contributed by atoms with Crippen LogP contribution in [-0.2, 0) is 26.3 Å². The molecule has 0 bridgehead atoms. The van der Waals surface area contributed by atoms with Crippen molar-refractivity contribution in [3.05, 3.63) is 69.5 Å². The maximum absolute atomic E-state index is 12.5. The Morgan fingerprint density at radius 1 is 1.18 bits per heavy atom. The Bertz CT molecular complexity index is 1330. The van der Waals surface area contributed by atoms with E-state index < -0.39 is 29.5 Å². The van der Waals surface area contributed by atoms with E-state index in [0.717, 1.165) is 11.1 Å². The molecule has 1 saturated heterocycles. The van der Waals surface area contributed by atoms with E-state index in [-0.39, 0.29) is 29.9 Å². The van der Waals surface area contributed by atoms with Crippen molar-refractivity contribution in [3.8, 4) is 0 Å². The molecular formula is C23H22N4O7. The van der Waals surface area contributed by atoms with Gasteiger partial charge in [-0.1, -0.05) is 18.2 Å². The van der Waals surface area contributed by atoms with Crippen LogP contribution in [0.25, 0.3) is 10.9 Å². The predicted molar refractivity (Wildman–Crippen MR) is 120 cm³/mol. The van der Waals surface area contributed by atoms with Gasteiger partial charge in [-0.2, -0.15) is 0 Å². The Hall–Kier alpha value is -4.25. The molecule has 2 aromatic carbocycles. The third-order valence-electron chi connectivity index (χ3n) is 5.69. The van der Waals surface area contributed by atoms with E-state index in [1.807, 2.05) is 6.07 Å². The summed E-state index contributed by atoms with van der Waals surface area (Å²) < 4.78 is 5.74. The van der Waals surface area contributed by atoms with Crippen molar-refractivity contribution in [3.63, 3.8) is 0 Å². The number of epoxide rings is 1. The number of nitrogens with one attached hydrogen (secondary N) is 2. The number of carboxylic acid groups (broad SMARTS) is 2. The van der Waals surface area contributed by atoms with Crippen LogP contribution in [0.1, 0.15) is 34.3 Å². The lowest BCUT2D eigenvalue weighted by atomic mass is 9.91. The summed E-state index contributed by atoms with van der Waals surface area (Å²) in [6, 6.07) is 10.6. The van der Waals surface area contributed by atoms with Gasteiger partial charge in [0.15, 0.2) is 0 Å². The number of carbonyl (C=O) groups excluding carboxylic acids is 1. The minimum atomic E-state index is -1.30. The van der Waals surface area contributed by atoms with Crippen LogP contribution in [0.2, 0.25) is 0 Å². The number of H-pyrrole nitrogens is 1. The zero-order chi connectivity index (χ0) is 24.5. The molecule has 4 rings (SSSR count). The maximum atomic E-state index is 12.5. The van der Waals surface area contributed by atoms with Crippen molar-refractivity contribution < 1.29 is 29.3 Å². The average Bonchev–Trinajstić information content (AvgIpc) is 3.57. The molecule has 0 spiro atoms. The van der Waals surface area contributed by atoms with Gasteiger partial charge in [0.1, 0.15) is 11.6 Å². The van der Waals surface area contributed by atoms with Crippen LogP contribution in [0, 0.1) is 0 Å². The molecular weight excluding hydrogens is 444 g/mol. The number of carboxylic acids is 2. The van der Waals surface area contributed by atoms with E-state index in [2.05, 4.69) is 15.3 Å². The number of aliphatic carboxylic acids is 2. The first-order chi connectivity index (χ1) is 16.2. The third kappa shape index (κ3) is 4.89. The van der Waals surface area contributed by atoms with Crippen molar-refractivity contribution in [2.75, 3.05) is 12.3 Å².